The first-order valence-corrected chi connectivity index (χ1v) is 9.21. The summed E-state index contributed by atoms with van der Waals surface area (Å²) in [5, 5.41) is 3.94. The van der Waals surface area contributed by atoms with Crippen molar-refractivity contribution in [1.29, 1.82) is 0 Å². The van der Waals surface area contributed by atoms with Crippen LogP contribution in [0.4, 0.5) is 5.82 Å². The van der Waals surface area contributed by atoms with Gasteiger partial charge in [-0.05, 0) is 35.4 Å². The Morgan fingerprint density at radius 2 is 2.05 bits per heavy atom. The summed E-state index contributed by atoms with van der Waals surface area (Å²) in [6.45, 7) is 0.538. The van der Waals surface area contributed by atoms with Crippen LogP contribution in [0.3, 0.4) is 0 Å². The number of aromatic nitrogens is 2. The molecule has 0 radical (unpaired) electrons. The monoisotopic (exact) mass is 407 g/mol. The third-order valence-corrected chi connectivity index (χ3v) is 5.99. The molecule has 0 saturated heterocycles. The van der Waals surface area contributed by atoms with Crippen LogP contribution in [0.5, 0.6) is 0 Å². The van der Waals surface area contributed by atoms with Crippen molar-refractivity contribution in [1.82, 2.24) is 9.97 Å². The molecule has 6 heteroatoms. The number of anilines is 1. The fourth-order valence-corrected chi connectivity index (χ4v) is 4.28. The van der Waals surface area contributed by atoms with Gasteiger partial charge in [-0.2, -0.15) is 11.8 Å². The number of hydrogen-bond donors (Lipinski definition) is 1. The second kappa shape index (κ2) is 8.38. The van der Waals surface area contributed by atoms with Crippen molar-refractivity contribution >= 4 is 40.2 Å². The topological polar surface area (TPSA) is 47.0 Å². The highest BCUT2D eigenvalue weighted by Gasteiger charge is 2.16. The predicted molar refractivity (Wildman–Crippen MR) is 93.2 cm³/mol. The van der Waals surface area contributed by atoms with Gasteiger partial charge in [-0.15, -0.1) is 0 Å². The molecule has 1 saturated carbocycles. The van der Waals surface area contributed by atoms with E-state index in [4.69, 9.17) is 4.74 Å². The minimum atomic E-state index is 0.538. The van der Waals surface area contributed by atoms with E-state index in [9.17, 15) is 0 Å². The van der Waals surface area contributed by atoms with Crippen molar-refractivity contribution in [2.75, 3.05) is 19.5 Å². The van der Waals surface area contributed by atoms with E-state index in [0.29, 0.717) is 6.61 Å². The number of nitrogens with zero attached hydrogens (tertiary/aromatic N) is 2. The molecule has 1 heterocycles. The summed E-state index contributed by atoms with van der Waals surface area (Å²) >= 11 is 4.28. The van der Waals surface area contributed by atoms with Gasteiger partial charge in [0, 0.05) is 19.4 Å². The molecule has 4 nitrogen and oxygen atoms in total. The largest absolute Gasteiger partial charge is 0.378 e. The van der Waals surface area contributed by atoms with Crippen LogP contribution in [-0.2, 0) is 17.1 Å². The Morgan fingerprint density at radius 3 is 2.70 bits per heavy atom. The van der Waals surface area contributed by atoms with Gasteiger partial charge in [0.1, 0.15) is 11.6 Å². The lowest BCUT2D eigenvalue weighted by molar-refractivity contribution is 0.180. The normalized spacial score (nSPS) is 16.4. The molecule has 1 aliphatic carbocycles. The van der Waals surface area contributed by atoms with Crippen LogP contribution >= 0.6 is 34.4 Å². The zero-order valence-corrected chi connectivity index (χ0v) is 15.1. The van der Waals surface area contributed by atoms with E-state index in [1.165, 1.54) is 32.1 Å². The molecule has 0 bridgehead atoms. The van der Waals surface area contributed by atoms with Crippen LogP contribution in [0.1, 0.15) is 43.6 Å². The molecule has 0 aliphatic heterocycles. The molecule has 1 aromatic heterocycles. The number of rotatable bonds is 6. The van der Waals surface area contributed by atoms with Gasteiger partial charge in [-0.3, -0.25) is 0 Å². The first-order valence-electron chi connectivity index (χ1n) is 7.08. The van der Waals surface area contributed by atoms with Gasteiger partial charge < -0.3 is 10.1 Å². The third-order valence-electron chi connectivity index (χ3n) is 3.48. The maximum absolute atomic E-state index is 5.23. The zero-order valence-electron chi connectivity index (χ0n) is 12.1. The van der Waals surface area contributed by atoms with E-state index in [2.05, 4.69) is 37.9 Å². The summed E-state index contributed by atoms with van der Waals surface area (Å²) in [7, 11) is 3.60. The van der Waals surface area contributed by atoms with Gasteiger partial charge in [0.25, 0.3) is 0 Å². The van der Waals surface area contributed by atoms with Crippen molar-refractivity contribution in [2.24, 2.45) is 0 Å². The number of thioether (sulfide) groups is 1. The van der Waals surface area contributed by atoms with Crippen LogP contribution in [0, 0.1) is 3.57 Å². The highest BCUT2D eigenvalue weighted by molar-refractivity contribution is 14.1. The van der Waals surface area contributed by atoms with E-state index in [0.717, 1.165) is 31.9 Å². The molecule has 0 atom stereocenters. The van der Waals surface area contributed by atoms with Crippen LogP contribution in [0.2, 0.25) is 0 Å². The minimum absolute atomic E-state index is 0.538. The lowest BCUT2D eigenvalue weighted by Gasteiger charge is -2.20. The first-order chi connectivity index (χ1) is 9.74. The molecule has 1 aromatic rings. The summed E-state index contributed by atoms with van der Waals surface area (Å²) in [5.41, 5.74) is 0.978. The lowest BCUT2D eigenvalue weighted by atomic mass is 10.0. The Bertz CT molecular complexity index is 439. The van der Waals surface area contributed by atoms with Gasteiger partial charge in [-0.25, -0.2) is 9.97 Å². The van der Waals surface area contributed by atoms with E-state index < -0.39 is 0 Å². The van der Waals surface area contributed by atoms with Crippen LogP contribution < -0.4 is 5.32 Å². The van der Waals surface area contributed by atoms with Crippen LogP contribution in [0.15, 0.2) is 0 Å². The van der Waals surface area contributed by atoms with Crippen LogP contribution in [0.25, 0.3) is 0 Å². The maximum atomic E-state index is 5.23. The summed E-state index contributed by atoms with van der Waals surface area (Å²) < 4.78 is 6.28. The van der Waals surface area contributed by atoms with Gasteiger partial charge in [-0.1, -0.05) is 19.3 Å². The minimum Gasteiger partial charge on any atom is -0.378 e. The standard InChI is InChI=1S/C14H22IN3OS/c1-16-14-13(15)11(8-19-2)17-12(18-14)9-20-10-6-4-3-5-7-10/h10H,3-9H2,1-2H3,(H,16,17,18). The maximum Gasteiger partial charge on any atom is 0.143 e. The number of nitrogens with one attached hydrogen (secondary N) is 1. The second-order valence-corrected chi connectivity index (χ2v) is 7.37. The van der Waals surface area contributed by atoms with E-state index in [-0.39, 0.29) is 0 Å². The molecule has 0 amide bonds. The average Bonchev–Trinajstić information content (AvgIpc) is 2.49. The zero-order chi connectivity index (χ0) is 14.4. The lowest BCUT2D eigenvalue weighted by Crippen LogP contribution is -2.11. The summed E-state index contributed by atoms with van der Waals surface area (Å²) in [5.74, 6) is 2.72. The molecule has 0 unspecified atom stereocenters. The molecule has 1 aliphatic rings. The molecular formula is C14H22IN3OS. The molecule has 0 spiro atoms. The summed E-state index contributed by atoms with van der Waals surface area (Å²) in [4.78, 5) is 9.26. The van der Waals surface area contributed by atoms with E-state index >= 15 is 0 Å². The van der Waals surface area contributed by atoms with E-state index in [1.54, 1.807) is 7.11 Å². The van der Waals surface area contributed by atoms with Gasteiger partial charge >= 0.3 is 0 Å². The second-order valence-electron chi connectivity index (χ2n) is 5.00. The third kappa shape index (κ3) is 4.46. The Hall–Kier alpha value is -0.0800. The average molecular weight is 407 g/mol. The van der Waals surface area contributed by atoms with Gasteiger partial charge in [0.2, 0.25) is 0 Å². The quantitative estimate of drug-likeness (QED) is 0.727. The fourth-order valence-electron chi connectivity index (χ4n) is 2.43. The first kappa shape index (κ1) is 16.3. The number of methoxy groups -OCH3 is 1. The van der Waals surface area contributed by atoms with Crippen molar-refractivity contribution in [2.45, 2.75) is 49.7 Å². The molecule has 2 rings (SSSR count). The highest BCUT2D eigenvalue weighted by atomic mass is 127. The van der Waals surface area contributed by atoms with Crippen LogP contribution in [-0.4, -0.2) is 29.4 Å². The number of hydrogen-bond acceptors (Lipinski definition) is 5. The SMILES string of the molecule is CNc1nc(CSC2CCCCC2)nc(COC)c1I. The number of ether oxygens (including phenoxy) is 1. The fraction of sp³-hybridized carbons (Fsp3) is 0.714. The number of halogens is 1. The molecule has 1 fully saturated rings. The summed E-state index contributed by atoms with van der Waals surface area (Å²) in [6.07, 6.45) is 6.85. The Morgan fingerprint density at radius 1 is 1.30 bits per heavy atom. The van der Waals surface area contributed by atoms with Crippen molar-refractivity contribution in [3.63, 3.8) is 0 Å². The van der Waals surface area contributed by atoms with Gasteiger partial charge in [0.05, 0.1) is 21.6 Å². The van der Waals surface area contributed by atoms with Crippen molar-refractivity contribution in [3.05, 3.63) is 15.1 Å². The molecular weight excluding hydrogens is 385 g/mol. The Labute approximate surface area is 139 Å². The highest BCUT2D eigenvalue weighted by Crippen LogP contribution is 2.30. The molecule has 0 aromatic carbocycles. The Kier molecular flexibility index (Phi) is 6.83. The summed E-state index contributed by atoms with van der Waals surface area (Å²) in [6, 6.07) is 0. The smallest absolute Gasteiger partial charge is 0.143 e. The van der Waals surface area contributed by atoms with Crippen molar-refractivity contribution < 1.29 is 4.74 Å². The molecule has 20 heavy (non-hydrogen) atoms. The van der Waals surface area contributed by atoms with E-state index in [1.807, 2.05) is 18.8 Å². The van der Waals surface area contributed by atoms with Crippen molar-refractivity contribution in [3.8, 4) is 0 Å². The molecule has 112 valence electrons. The molecule has 1 N–H and O–H groups in total. The Balaban J connectivity index is 2.04. The van der Waals surface area contributed by atoms with Gasteiger partial charge in [0.15, 0.2) is 0 Å². The predicted octanol–water partition coefficient (Wildman–Crippen LogP) is 3.84.